The Bertz CT molecular complexity index is 1140. The van der Waals surface area contributed by atoms with Crippen LogP contribution in [-0.4, -0.2) is 77.4 Å². The van der Waals surface area contributed by atoms with Crippen LogP contribution in [0.25, 0.3) is 10.9 Å². The monoisotopic (exact) mass is 508 g/mol. The minimum Gasteiger partial charge on any atom is -0.497 e. The maximum atomic E-state index is 12.2. The number of likely N-dealkylation sites (tertiary alicyclic amines) is 1. The number of methoxy groups -OCH3 is 1. The van der Waals surface area contributed by atoms with Crippen molar-refractivity contribution in [3.8, 4) is 5.75 Å². The number of benzene rings is 1. The molecule has 7 nitrogen and oxygen atoms in total. The number of aromatic nitrogens is 2. The molecule has 0 bridgehead atoms. The van der Waals surface area contributed by atoms with Gasteiger partial charge in [0.15, 0.2) is 0 Å². The molecule has 4 rings (SSSR count). The van der Waals surface area contributed by atoms with Gasteiger partial charge in [0.05, 0.1) is 23.6 Å². The van der Waals surface area contributed by atoms with Crippen LogP contribution in [0, 0.1) is 11.8 Å². The standard InChI is InChI=1S/C28H36N4O3S/c1-31(2)26(22-11-14-29-25-9-8-21(35-3)18-23(22)25)10-7-20-12-15-32(19-24(20)28(33)34)16-17-36-27-6-4-5-13-30-27/h4-6,8-9,11,13-14,18,20,24,26H,7,10,12,15-17,19H2,1-3H3,(H,33,34)/t20-,24+,26-/m1/s1. The van der Waals surface area contributed by atoms with Crippen LogP contribution < -0.4 is 4.74 Å². The fraction of sp³-hybridized carbons (Fsp3) is 0.464. The number of hydrogen-bond donors (Lipinski definition) is 1. The van der Waals surface area contributed by atoms with Crippen LogP contribution >= 0.6 is 11.8 Å². The van der Waals surface area contributed by atoms with Gasteiger partial charge in [-0.2, -0.15) is 0 Å². The lowest BCUT2D eigenvalue weighted by atomic mass is 9.80. The molecule has 0 aliphatic carbocycles. The Balaban J connectivity index is 1.40. The van der Waals surface area contributed by atoms with Crippen LogP contribution in [-0.2, 0) is 4.79 Å². The summed E-state index contributed by atoms with van der Waals surface area (Å²) in [7, 11) is 5.86. The summed E-state index contributed by atoms with van der Waals surface area (Å²) in [5.41, 5.74) is 2.15. The van der Waals surface area contributed by atoms with Crippen molar-refractivity contribution in [2.45, 2.75) is 30.3 Å². The minimum absolute atomic E-state index is 0.171. The molecule has 3 atom stereocenters. The van der Waals surface area contributed by atoms with E-state index in [-0.39, 0.29) is 17.9 Å². The molecule has 3 heterocycles. The molecule has 0 spiro atoms. The third-order valence-corrected chi connectivity index (χ3v) is 8.15. The summed E-state index contributed by atoms with van der Waals surface area (Å²) in [6.07, 6.45) is 6.36. The number of piperidine rings is 1. The van der Waals surface area contributed by atoms with E-state index in [4.69, 9.17) is 4.74 Å². The van der Waals surface area contributed by atoms with E-state index in [9.17, 15) is 9.90 Å². The molecule has 1 aromatic carbocycles. The molecular formula is C28H36N4O3S. The molecule has 1 fully saturated rings. The number of carboxylic acid groups (broad SMARTS) is 1. The molecule has 1 saturated heterocycles. The van der Waals surface area contributed by atoms with Crippen LogP contribution in [0.5, 0.6) is 5.75 Å². The van der Waals surface area contributed by atoms with E-state index < -0.39 is 5.97 Å². The first-order chi connectivity index (χ1) is 17.5. The fourth-order valence-electron chi connectivity index (χ4n) is 5.24. The third-order valence-electron chi connectivity index (χ3n) is 7.23. The summed E-state index contributed by atoms with van der Waals surface area (Å²) in [5.74, 6) is 0.884. The maximum Gasteiger partial charge on any atom is 0.308 e. The van der Waals surface area contributed by atoms with Gasteiger partial charge in [-0.15, -0.1) is 11.8 Å². The summed E-state index contributed by atoms with van der Waals surface area (Å²) < 4.78 is 5.46. The van der Waals surface area contributed by atoms with Crippen molar-refractivity contribution < 1.29 is 14.6 Å². The van der Waals surface area contributed by atoms with Gasteiger partial charge in [0.1, 0.15) is 5.75 Å². The molecule has 1 N–H and O–H groups in total. The Morgan fingerprint density at radius 2 is 2.08 bits per heavy atom. The van der Waals surface area contributed by atoms with E-state index in [2.05, 4.69) is 46.0 Å². The number of rotatable bonds is 11. The average Bonchev–Trinajstić information content (AvgIpc) is 2.89. The van der Waals surface area contributed by atoms with Crippen molar-refractivity contribution >= 4 is 28.6 Å². The first-order valence-corrected chi connectivity index (χ1v) is 13.5. The van der Waals surface area contributed by atoms with Crippen LogP contribution in [0.3, 0.4) is 0 Å². The van der Waals surface area contributed by atoms with Gasteiger partial charge in [0, 0.05) is 42.7 Å². The van der Waals surface area contributed by atoms with E-state index in [0.29, 0.717) is 6.54 Å². The van der Waals surface area contributed by atoms with Gasteiger partial charge >= 0.3 is 5.97 Å². The summed E-state index contributed by atoms with van der Waals surface area (Å²) in [6.45, 7) is 2.44. The maximum absolute atomic E-state index is 12.2. The first kappa shape index (κ1) is 26.4. The van der Waals surface area contributed by atoms with Gasteiger partial charge in [0.25, 0.3) is 0 Å². The van der Waals surface area contributed by atoms with Gasteiger partial charge in [-0.25, -0.2) is 4.98 Å². The van der Waals surface area contributed by atoms with E-state index in [0.717, 1.165) is 59.8 Å². The molecule has 0 radical (unpaired) electrons. The minimum atomic E-state index is -0.678. The number of carboxylic acids is 1. The van der Waals surface area contributed by atoms with Crippen molar-refractivity contribution in [2.24, 2.45) is 11.8 Å². The van der Waals surface area contributed by atoms with Crippen molar-refractivity contribution in [2.75, 3.05) is 46.6 Å². The summed E-state index contributed by atoms with van der Waals surface area (Å²) in [5, 5.41) is 12.1. The summed E-state index contributed by atoms with van der Waals surface area (Å²) in [6, 6.07) is 14.2. The molecule has 2 aromatic heterocycles. The predicted octanol–water partition coefficient (Wildman–Crippen LogP) is 4.84. The zero-order valence-electron chi connectivity index (χ0n) is 21.3. The highest BCUT2D eigenvalue weighted by atomic mass is 32.2. The van der Waals surface area contributed by atoms with E-state index in [1.54, 1.807) is 25.1 Å². The zero-order chi connectivity index (χ0) is 25.5. The number of pyridine rings is 2. The van der Waals surface area contributed by atoms with Crippen LogP contribution in [0.15, 0.2) is 59.9 Å². The van der Waals surface area contributed by atoms with E-state index in [1.807, 2.05) is 36.5 Å². The molecule has 0 unspecified atom stereocenters. The summed E-state index contributed by atoms with van der Waals surface area (Å²) in [4.78, 5) is 25.7. The number of fused-ring (bicyclic) bond motifs is 1. The van der Waals surface area contributed by atoms with E-state index >= 15 is 0 Å². The number of carbonyl (C=O) groups is 1. The molecule has 192 valence electrons. The van der Waals surface area contributed by atoms with Gasteiger partial charge in [0.2, 0.25) is 0 Å². The SMILES string of the molecule is COc1ccc2nccc([C@@H](CC[C@@H]3CCN(CCSc4ccccn4)C[C@@H]3C(=O)O)N(C)C)c2c1. The van der Waals surface area contributed by atoms with Crippen molar-refractivity contribution in [3.05, 3.63) is 60.4 Å². The van der Waals surface area contributed by atoms with Crippen molar-refractivity contribution in [1.82, 2.24) is 19.8 Å². The second-order valence-electron chi connectivity index (χ2n) is 9.65. The number of nitrogens with zero attached hydrogens (tertiary/aromatic N) is 4. The summed E-state index contributed by atoms with van der Waals surface area (Å²) >= 11 is 1.72. The Labute approximate surface area is 217 Å². The number of ether oxygens (including phenoxy) is 1. The second-order valence-corrected chi connectivity index (χ2v) is 10.8. The molecule has 3 aromatic rings. The van der Waals surface area contributed by atoms with E-state index in [1.165, 1.54) is 5.56 Å². The molecule has 1 aliphatic heterocycles. The quantitative estimate of drug-likeness (QED) is 0.369. The van der Waals surface area contributed by atoms with Crippen LogP contribution in [0.4, 0.5) is 0 Å². The molecule has 0 amide bonds. The highest BCUT2D eigenvalue weighted by molar-refractivity contribution is 7.99. The predicted molar refractivity (Wildman–Crippen MR) is 145 cm³/mol. The van der Waals surface area contributed by atoms with Crippen LogP contribution in [0.1, 0.15) is 30.9 Å². The van der Waals surface area contributed by atoms with Crippen molar-refractivity contribution in [1.29, 1.82) is 0 Å². The molecular weight excluding hydrogens is 472 g/mol. The van der Waals surface area contributed by atoms with Gasteiger partial charge in [-0.3, -0.25) is 9.78 Å². The number of hydrogen-bond acceptors (Lipinski definition) is 7. The Morgan fingerprint density at radius 1 is 1.22 bits per heavy atom. The first-order valence-electron chi connectivity index (χ1n) is 12.5. The average molecular weight is 509 g/mol. The third kappa shape index (κ3) is 6.55. The lowest BCUT2D eigenvalue weighted by molar-refractivity contribution is -0.146. The Kier molecular flexibility index (Phi) is 9.18. The van der Waals surface area contributed by atoms with Crippen LogP contribution in [0.2, 0.25) is 0 Å². The Hall–Kier alpha value is -2.68. The highest BCUT2D eigenvalue weighted by Crippen LogP contribution is 2.35. The number of aliphatic carboxylic acids is 1. The highest BCUT2D eigenvalue weighted by Gasteiger charge is 2.34. The zero-order valence-corrected chi connectivity index (χ0v) is 22.2. The van der Waals surface area contributed by atoms with Gasteiger partial charge in [-0.1, -0.05) is 6.07 Å². The smallest absolute Gasteiger partial charge is 0.308 e. The fourth-order valence-corrected chi connectivity index (χ4v) is 6.11. The molecule has 1 aliphatic rings. The second kappa shape index (κ2) is 12.5. The van der Waals surface area contributed by atoms with Gasteiger partial charge < -0.3 is 19.6 Å². The van der Waals surface area contributed by atoms with Gasteiger partial charge in [-0.05, 0) is 87.8 Å². The largest absolute Gasteiger partial charge is 0.497 e. The topological polar surface area (TPSA) is 78.8 Å². The lowest BCUT2D eigenvalue weighted by Crippen LogP contribution is -2.44. The lowest BCUT2D eigenvalue weighted by Gasteiger charge is -2.37. The number of thioether (sulfide) groups is 1. The normalized spacial score (nSPS) is 19.4. The van der Waals surface area contributed by atoms with Crippen molar-refractivity contribution in [3.63, 3.8) is 0 Å². The molecule has 36 heavy (non-hydrogen) atoms. The molecule has 0 saturated carbocycles. The molecule has 8 heteroatoms. The Morgan fingerprint density at radius 3 is 2.81 bits per heavy atom.